The summed E-state index contributed by atoms with van der Waals surface area (Å²) in [6, 6.07) is 8.53. The van der Waals surface area contributed by atoms with Crippen molar-refractivity contribution in [2.75, 3.05) is 6.54 Å². The minimum absolute atomic E-state index is 0.308. The zero-order valence-corrected chi connectivity index (χ0v) is 8.94. The van der Waals surface area contributed by atoms with E-state index in [-0.39, 0.29) is 0 Å². The maximum Gasteiger partial charge on any atom is 0.351 e. The maximum absolute atomic E-state index is 10.2. The summed E-state index contributed by atoms with van der Waals surface area (Å²) in [6.07, 6.45) is 2.28. The van der Waals surface area contributed by atoms with Crippen molar-refractivity contribution < 1.29 is 15.0 Å². The molecule has 0 spiro atoms. The number of benzene rings is 1. The Morgan fingerprint density at radius 2 is 1.94 bits per heavy atom. The Kier molecular flexibility index (Phi) is 2.94. The molecular formula is C12H15NO3. The predicted molar refractivity (Wildman–Crippen MR) is 59.1 cm³/mol. The molecule has 1 atom stereocenters. The summed E-state index contributed by atoms with van der Waals surface area (Å²) in [5.74, 6) is -1.18. The molecular weight excluding hydrogens is 206 g/mol. The zero-order chi connectivity index (χ0) is 11.6. The van der Waals surface area contributed by atoms with Crippen LogP contribution in [0.4, 0.5) is 0 Å². The number of nitrogens with one attached hydrogen (secondary N) is 1. The molecule has 2 aliphatic rings. The highest BCUT2D eigenvalue weighted by Crippen LogP contribution is 2.25. The first-order valence-electron chi connectivity index (χ1n) is 5.39. The molecule has 0 bridgehead atoms. The average Bonchev–Trinajstić information content (AvgIpc) is 2.93. The normalized spacial score (nSPS) is 25.3. The third kappa shape index (κ3) is 2.40. The largest absolute Gasteiger partial charge is 0.478 e. The minimum atomic E-state index is -1.64. The SMILES string of the molecule is O=C(O)[C@]1(O)CCCN1.c1ccc2c(c1)C2. The molecule has 1 saturated heterocycles. The fourth-order valence-electron chi connectivity index (χ4n) is 1.75. The minimum Gasteiger partial charge on any atom is -0.478 e. The monoisotopic (exact) mass is 221 g/mol. The second-order valence-electron chi connectivity index (χ2n) is 4.14. The van der Waals surface area contributed by atoms with Crippen LogP contribution in [0.3, 0.4) is 0 Å². The summed E-state index contributed by atoms with van der Waals surface area (Å²) < 4.78 is 0. The molecule has 1 aromatic carbocycles. The summed E-state index contributed by atoms with van der Waals surface area (Å²) in [6.45, 7) is 0.586. The van der Waals surface area contributed by atoms with Crippen molar-refractivity contribution in [2.45, 2.75) is 25.0 Å². The molecule has 86 valence electrons. The molecule has 4 nitrogen and oxygen atoms in total. The van der Waals surface area contributed by atoms with Gasteiger partial charge in [-0.25, -0.2) is 4.79 Å². The molecule has 16 heavy (non-hydrogen) atoms. The van der Waals surface area contributed by atoms with E-state index in [9.17, 15) is 4.79 Å². The Hall–Kier alpha value is -1.39. The van der Waals surface area contributed by atoms with Gasteiger partial charge in [0.05, 0.1) is 0 Å². The number of carbonyl (C=O) groups is 1. The molecule has 3 N–H and O–H groups in total. The van der Waals surface area contributed by atoms with E-state index >= 15 is 0 Å². The summed E-state index contributed by atoms with van der Waals surface area (Å²) >= 11 is 0. The smallest absolute Gasteiger partial charge is 0.351 e. The molecule has 4 heteroatoms. The Balaban J connectivity index is 0.000000123. The quantitative estimate of drug-likeness (QED) is 0.664. The lowest BCUT2D eigenvalue weighted by atomic mass is 10.2. The van der Waals surface area contributed by atoms with E-state index in [1.165, 1.54) is 17.5 Å². The van der Waals surface area contributed by atoms with Crippen LogP contribution in [-0.2, 0) is 11.2 Å². The van der Waals surface area contributed by atoms with Crippen molar-refractivity contribution in [2.24, 2.45) is 0 Å². The summed E-state index contributed by atoms with van der Waals surface area (Å²) in [7, 11) is 0. The fraction of sp³-hybridized carbons (Fsp3) is 0.417. The number of hydrogen-bond acceptors (Lipinski definition) is 3. The zero-order valence-electron chi connectivity index (χ0n) is 8.94. The number of aliphatic hydroxyl groups is 1. The van der Waals surface area contributed by atoms with Gasteiger partial charge in [0.25, 0.3) is 0 Å². The van der Waals surface area contributed by atoms with Crippen LogP contribution in [0.15, 0.2) is 24.3 Å². The van der Waals surface area contributed by atoms with Crippen molar-refractivity contribution >= 4 is 5.97 Å². The van der Waals surface area contributed by atoms with Gasteiger partial charge in [-0.3, -0.25) is 5.32 Å². The standard InChI is InChI=1S/C7H6.C5H9NO3/c1-2-4-7-5-6(7)3-1;7-4(8)5(9)2-1-3-6-5/h1-4H,5H2;6,9H,1-3H2,(H,7,8)/t;5-/m.1/s1. The third-order valence-corrected chi connectivity index (χ3v) is 2.86. The molecule has 0 saturated carbocycles. The number of aliphatic carboxylic acids is 1. The molecule has 0 amide bonds. The van der Waals surface area contributed by atoms with Gasteiger partial charge in [0.15, 0.2) is 0 Å². The summed E-state index contributed by atoms with van der Waals surface area (Å²) in [4.78, 5) is 10.2. The molecule has 0 radical (unpaired) electrons. The van der Waals surface area contributed by atoms with Gasteiger partial charge in [-0.1, -0.05) is 24.3 Å². The van der Waals surface area contributed by atoms with E-state index in [4.69, 9.17) is 10.2 Å². The van der Waals surface area contributed by atoms with Crippen LogP contribution >= 0.6 is 0 Å². The van der Waals surface area contributed by atoms with Crippen LogP contribution in [-0.4, -0.2) is 28.5 Å². The maximum atomic E-state index is 10.2. The van der Waals surface area contributed by atoms with Gasteiger partial charge in [-0.2, -0.15) is 0 Å². The van der Waals surface area contributed by atoms with Crippen LogP contribution in [0.2, 0.25) is 0 Å². The highest BCUT2D eigenvalue weighted by molar-refractivity contribution is 5.76. The lowest BCUT2D eigenvalue weighted by molar-refractivity contribution is -0.160. The number of fused-ring (bicyclic) bond motifs is 1. The van der Waals surface area contributed by atoms with Crippen LogP contribution in [0, 0.1) is 0 Å². The predicted octanol–water partition coefficient (Wildman–Crippen LogP) is 0.734. The topological polar surface area (TPSA) is 69.6 Å². The Labute approximate surface area is 93.9 Å². The molecule has 1 aliphatic heterocycles. The average molecular weight is 221 g/mol. The van der Waals surface area contributed by atoms with Gasteiger partial charge in [0, 0.05) is 6.42 Å². The third-order valence-electron chi connectivity index (χ3n) is 2.86. The summed E-state index contributed by atoms with van der Waals surface area (Å²) in [5, 5.41) is 19.9. The Morgan fingerprint density at radius 3 is 2.25 bits per heavy atom. The van der Waals surface area contributed by atoms with E-state index in [0.29, 0.717) is 13.0 Å². The molecule has 0 unspecified atom stereocenters. The van der Waals surface area contributed by atoms with Gasteiger partial charge < -0.3 is 10.2 Å². The lowest BCUT2D eigenvalue weighted by Crippen LogP contribution is -2.47. The van der Waals surface area contributed by atoms with Crippen LogP contribution in [0.5, 0.6) is 0 Å². The lowest BCUT2D eigenvalue weighted by Gasteiger charge is -2.15. The Morgan fingerprint density at radius 1 is 1.31 bits per heavy atom. The van der Waals surface area contributed by atoms with E-state index in [1.807, 2.05) is 0 Å². The molecule has 1 heterocycles. The first-order chi connectivity index (χ1) is 7.62. The second kappa shape index (κ2) is 4.23. The van der Waals surface area contributed by atoms with Crippen molar-refractivity contribution in [1.82, 2.24) is 5.32 Å². The first kappa shape index (κ1) is 11.1. The van der Waals surface area contributed by atoms with E-state index in [1.54, 1.807) is 0 Å². The van der Waals surface area contributed by atoms with Crippen molar-refractivity contribution in [3.63, 3.8) is 0 Å². The first-order valence-corrected chi connectivity index (χ1v) is 5.39. The second-order valence-corrected chi connectivity index (χ2v) is 4.14. The van der Waals surface area contributed by atoms with Gasteiger partial charge in [0.2, 0.25) is 5.72 Å². The van der Waals surface area contributed by atoms with Crippen LogP contribution in [0.25, 0.3) is 0 Å². The molecule has 1 aliphatic carbocycles. The molecule has 0 aromatic heterocycles. The van der Waals surface area contributed by atoms with E-state index < -0.39 is 11.7 Å². The van der Waals surface area contributed by atoms with Crippen LogP contribution in [0.1, 0.15) is 24.0 Å². The molecule has 1 fully saturated rings. The van der Waals surface area contributed by atoms with Crippen molar-refractivity contribution in [1.29, 1.82) is 0 Å². The highest BCUT2D eigenvalue weighted by atomic mass is 16.4. The molecule has 1 aromatic rings. The number of carboxylic acids is 1. The van der Waals surface area contributed by atoms with Crippen molar-refractivity contribution in [3.05, 3.63) is 35.4 Å². The van der Waals surface area contributed by atoms with Crippen molar-refractivity contribution in [3.8, 4) is 0 Å². The fourth-order valence-corrected chi connectivity index (χ4v) is 1.75. The van der Waals surface area contributed by atoms with Crippen LogP contribution < -0.4 is 5.32 Å². The number of rotatable bonds is 1. The molecule has 3 rings (SSSR count). The highest BCUT2D eigenvalue weighted by Gasteiger charge is 2.38. The van der Waals surface area contributed by atoms with Gasteiger partial charge in [-0.05, 0) is 30.5 Å². The van der Waals surface area contributed by atoms with Gasteiger partial charge in [0.1, 0.15) is 0 Å². The Bertz CT molecular complexity index is 376. The van der Waals surface area contributed by atoms with E-state index in [0.717, 1.165) is 6.42 Å². The number of hydrogen-bond donors (Lipinski definition) is 3. The number of carboxylic acid groups (broad SMARTS) is 1. The van der Waals surface area contributed by atoms with Gasteiger partial charge >= 0.3 is 5.97 Å². The summed E-state index contributed by atoms with van der Waals surface area (Å²) in [5.41, 5.74) is 1.42. The van der Waals surface area contributed by atoms with Gasteiger partial charge in [-0.15, -0.1) is 0 Å². The van der Waals surface area contributed by atoms with E-state index in [2.05, 4.69) is 29.6 Å².